The molecular formula is C16H17ClFNO2. The largest absolute Gasteiger partial charge is 0.497 e. The second kappa shape index (κ2) is 6.78. The lowest BCUT2D eigenvalue weighted by Gasteiger charge is -2.15. The van der Waals surface area contributed by atoms with Gasteiger partial charge in [-0.2, -0.15) is 0 Å². The summed E-state index contributed by atoms with van der Waals surface area (Å²) in [7, 11) is 1.58. The Balaban J connectivity index is 2.19. The first kappa shape index (κ1) is 15.6. The molecule has 2 rings (SSSR count). The lowest BCUT2D eigenvalue weighted by molar-refractivity contribution is 0.298. The number of halogens is 2. The van der Waals surface area contributed by atoms with Crippen molar-refractivity contribution in [3.8, 4) is 11.5 Å². The Morgan fingerprint density at radius 2 is 2.00 bits per heavy atom. The quantitative estimate of drug-likeness (QED) is 0.905. The topological polar surface area (TPSA) is 44.5 Å². The molecule has 0 aliphatic heterocycles. The van der Waals surface area contributed by atoms with Crippen molar-refractivity contribution in [3.63, 3.8) is 0 Å². The van der Waals surface area contributed by atoms with E-state index in [1.807, 2.05) is 19.1 Å². The molecule has 1 atom stereocenters. The average Bonchev–Trinajstić information content (AvgIpc) is 2.48. The van der Waals surface area contributed by atoms with E-state index in [2.05, 4.69) is 0 Å². The van der Waals surface area contributed by atoms with Crippen molar-refractivity contribution in [2.45, 2.75) is 19.6 Å². The molecule has 0 saturated heterocycles. The summed E-state index contributed by atoms with van der Waals surface area (Å²) < 4.78 is 24.3. The Labute approximate surface area is 128 Å². The van der Waals surface area contributed by atoms with Crippen LogP contribution in [0, 0.1) is 5.82 Å². The van der Waals surface area contributed by atoms with Crippen LogP contribution in [0.3, 0.4) is 0 Å². The number of hydrogen-bond acceptors (Lipinski definition) is 3. The molecule has 0 fully saturated rings. The van der Waals surface area contributed by atoms with Crippen LogP contribution in [0.5, 0.6) is 11.5 Å². The van der Waals surface area contributed by atoms with E-state index in [0.717, 1.165) is 5.56 Å². The van der Waals surface area contributed by atoms with E-state index < -0.39 is 5.82 Å². The molecule has 0 radical (unpaired) electrons. The summed E-state index contributed by atoms with van der Waals surface area (Å²) in [6.45, 7) is 2.09. The minimum absolute atomic E-state index is 0.0939. The number of ether oxygens (including phenoxy) is 2. The molecule has 0 heterocycles. The van der Waals surface area contributed by atoms with E-state index in [1.54, 1.807) is 19.2 Å². The van der Waals surface area contributed by atoms with E-state index in [1.165, 1.54) is 12.1 Å². The van der Waals surface area contributed by atoms with Gasteiger partial charge in [0, 0.05) is 17.7 Å². The van der Waals surface area contributed by atoms with E-state index in [9.17, 15) is 4.39 Å². The van der Waals surface area contributed by atoms with Crippen LogP contribution in [-0.4, -0.2) is 7.11 Å². The normalized spacial score (nSPS) is 12.0. The third kappa shape index (κ3) is 3.86. The van der Waals surface area contributed by atoms with Gasteiger partial charge in [0.15, 0.2) is 0 Å². The van der Waals surface area contributed by atoms with Crippen molar-refractivity contribution in [2.75, 3.05) is 7.11 Å². The van der Waals surface area contributed by atoms with E-state index >= 15 is 0 Å². The molecule has 0 bridgehead atoms. The molecule has 21 heavy (non-hydrogen) atoms. The van der Waals surface area contributed by atoms with Gasteiger partial charge in [-0.1, -0.05) is 23.7 Å². The fourth-order valence-corrected chi connectivity index (χ4v) is 2.05. The first-order valence-corrected chi connectivity index (χ1v) is 6.89. The van der Waals surface area contributed by atoms with Crippen molar-refractivity contribution in [3.05, 3.63) is 58.4 Å². The van der Waals surface area contributed by atoms with Gasteiger partial charge < -0.3 is 15.2 Å². The van der Waals surface area contributed by atoms with Crippen LogP contribution in [0.25, 0.3) is 0 Å². The lowest BCUT2D eigenvalue weighted by atomic mass is 10.1. The average molecular weight is 310 g/mol. The number of nitrogens with two attached hydrogens (primary N) is 1. The van der Waals surface area contributed by atoms with Gasteiger partial charge in [-0.3, -0.25) is 0 Å². The van der Waals surface area contributed by atoms with Crippen LogP contribution < -0.4 is 15.2 Å². The minimum atomic E-state index is -0.462. The molecule has 5 heteroatoms. The minimum Gasteiger partial charge on any atom is -0.497 e. The predicted molar refractivity (Wildman–Crippen MR) is 81.3 cm³/mol. The second-order valence-electron chi connectivity index (χ2n) is 4.73. The Bertz CT molecular complexity index is 632. The second-order valence-corrected chi connectivity index (χ2v) is 5.14. The maximum absolute atomic E-state index is 13.4. The van der Waals surface area contributed by atoms with Crippen LogP contribution in [-0.2, 0) is 6.61 Å². The molecule has 0 spiro atoms. The smallest absolute Gasteiger partial charge is 0.142 e. The maximum atomic E-state index is 13.4. The van der Waals surface area contributed by atoms with Crippen LogP contribution >= 0.6 is 11.6 Å². The van der Waals surface area contributed by atoms with E-state index in [-0.39, 0.29) is 17.7 Å². The van der Waals surface area contributed by atoms with Gasteiger partial charge >= 0.3 is 0 Å². The zero-order chi connectivity index (χ0) is 15.4. The van der Waals surface area contributed by atoms with Crippen LogP contribution in [0.2, 0.25) is 5.02 Å². The number of benzene rings is 2. The summed E-state index contributed by atoms with van der Waals surface area (Å²) in [6.07, 6.45) is 0. The first-order chi connectivity index (χ1) is 10.0. The van der Waals surface area contributed by atoms with Crippen LogP contribution in [0.4, 0.5) is 4.39 Å². The highest BCUT2D eigenvalue weighted by atomic mass is 35.5. The first-order valence-electron chi connectivity index (χ1n) is 6.51. The molecule has 0 aliphatic carbocycles. The van der Waals surface area contributed by atoms with Gasteiger partial charge in [-0.15, -0.1) is 0 Å². The van der Waals surface area contributed by atoms with Gasteiger partial charge in [0.25, 0.3) is 0 Å². The number of hydrogen-bond donors (Lipinski definition) is 1. The van der Waals surface area contributed by atoms with Gasteiger partial charge in [-0.05, 0) is 30.7 Å². The van der Waals surface area contributed by atoms with Gasteiger partial charge in [0.2, 0.25) is 0 Å². The lowest BCUT2D eigenvalue weighted by Crippen LogP contribution is -2.08. The Morgan fingerprint density at radius 3 is 2.62 bits per heavy atom. The molecule has 0 amide bonds. The number of rotatable bonds is 5. The van der Waals surface area contributed by atoms with Crippen LogP contribution in [0.15, 0.2) is 36.4 Å². The van der Waals surface area contributed by atoms with E-state index in [0.29, 0.717) is 17.1 Å². The molecule has 0 aromatic heterocycles. The summed E-state index contributed by atoms with van der Waals surface area (Å²) in [5.74, 6) is 0.840. The molecule has 112 valence electrons. The SMILES string of the molecule is COc1ccc([C@@H](C)N)c(OCc2ccc(Cl)c(F)c2)c1. The van der Waals surface area contributed by atoms with E-state index in [4.69, 9.17) is 26.8 Å². The summed E-state index contributed by atoms with van der Waals surface area (Å²) in [5, 5.41) is 0.0939. The molecule has 3 nitrogen and oxygen atoms in total. The predicted octanol–water partition coefficient (Wildman–Crippen LogP) is 4.09. The molecule has 2 aromatic carbocycles. The number of methoxy groups -OCH3 is 1. The standard InChI is InChI=1S/C16H17ClFNO2/c1-10(19)13-5-4-12(20-2)8-16(13)21-9-11-3-6-14(17)15(18)7-11/h3-8,10H,9,19H2,1-2H3/t10-/m1/s1. The molecular weight excluding hydrogens is 293 g/mol. The summed E-state index contributed by atoms with van der Waals surface area (Å²) in [6, 6.07) is 9.87. The van der Waals surface area contributed by atoms with Gasteiger partial charge in [0.05, 0.1) is 12.1 Å². The zero-order valence-electron chi connectivity index (χ0n) is 11.9. The summed E-state index contributed by atoms with van der Waals surface area (Å²) in [4.78, 5) is 0. The molecule has 2 N–H and O–H groups in total. The summed E-state index contributed by atoms with van der Waals surface area (Å²) in [5.41, 5.74) is 7.48. The maximum Gasteiger partial charge on any atom is 0.142 e. The van der Waals surface area contributed by atoms with Crippen molar-refractivity contribution in [1.82, 2.24) is 0 Å². The monoisotopic (exact) mass is 309 g/mol. The third-order valence-electron chi connectivity index (χ3n) is 3.09. The molecule has 0 saturated carbocycles. The molecule has 2 aromatic rings. The Hall–Kier alpha value is -1.78. The Kier molecular flexibility index (Phi) is 5.04. The highest BCUT2D eigenvalue weighted by Gasteiger charge is 2.10. The van der Waals surface area contributed by atoms with Gasteiger partial charge in [0.1, 0.15) is 23.9 Å². The van der Waals surface area contributed by atoms with Crippen LogP contribution in [0.1, 0.15) is 24.1 Å². The zero-order valence-corrected chi connectivity index (χ0v) is 12.7. The van der Waals surface area contributed by atoms with Gasteiger partial charge in [-0.25, -0.2) is 4.39 Å². The fraction of sp³-hybridized carbons (Fsp3) is 0.250. The highest BCUT2D eigenvalue weighted by molar-refractivity contribution is 6.30. The third-order valence-corrected chi connectivity index (χ3v) is 3.40. The Morgan fingerprint density at radius 1 is 1.24 bits per heavy atom. The highest BCUT2D eigenvalue weighted by Crippen LogP contribution is 2.29. The van der Waals surface area contributed by atoms with Crippen molar-refractivity contribution < 1.29 is 13.9 Å². The van der Waals surface area contributed by atoms with Crippen molar-refractivity contribution >= 4 is 11.6 Å². The van der Waals surface area contributed by atoms with Crippen molar-refractivity contribution in [1.29, 1.82) is 0 Å². The molecule has 0 unspecified atom stereocenters. The summed E-state index contributed by atoms with van der Waals surface area (Å²) >= 11 is 5.66. The molecule has 0 aliphatic rings. The fourth-order valence-electron chi connectivity index (χ4n) is 1.93. The van der Waals surface area contributed by atoms with Crippen molar-refractivity contribution in [2.24, 2.45) is 5.73 Å².